The fourth-order valence-electron chi connectivity index (χ4n) is 9.24. The molecular weight excluding hydrogens is 620 g/mol. The fourth-order valence-corrected chi connectivity index (χ4v) is 9.24. The number of nitrogens with one attached hydrogen (secondary N) is 3. The Morgan fingerprint density at radius 1 is 0.551 bits per heavy atom. The minimum Gasteiger partial charge on any atom is -0.351 e. The third-order valence-electron chi connectivity index (χ3n) is 10.8. The molecule has 0 saturated carbocycles. The molecule has 1 aromatic heterocycles. The van der Waals surface area contributed by atoms with Crippen LogP contribution in [0.3, 0.4) is 0 Å². The summed E-state index contributed by atoms with van der Waals surface area (Å²) in [5, 5.41) is 47.5. The van der Waals surface area contributed by atoms with Crippen molar-refractivity contribution in [3.05, 3.63) is 30.3 Å². The van der Waals surface area contributed by atoms with Gasteiger partial charge in [0.15, 0.2) is 0 Å². The predicted molar refractivity (Wildman–Crippen MR) is 191 cm³/mol. The maximum Gasteiger partial charge on any atom is 0.248 e. The summed E-state index contributed by atoms with van der Waals surface area (Å²) < 4.78 is 0. The Labute approximate surface area is 293 Å². The van der Waals surface area contributed by atoms with E-state index in [9.17, 15) is 15.6 Å². The van der Waals surface area contributed by atoms with Crippen molar-refractivity contribution in [1.29, 1.82) is 0 Å². The monoisotopic (exact) mass is 679 g/mol. The minimum absolute atomic E-state index is 0.0584. The van der Waals surface area contributed by atoms with Crippen molar-refractivity contribution >= 4 is 23.5 Å². The number of hydroxylamine groups is 6. The van der Waals surface area contributed by atoms with Gasteiger partial charge in [0.25, 0.3) is 0 Å². The molecule has 5 rings (SSSR count). The SMILES string of the molecule is CC1(C)CC(Nc2nc(NNc3ccccc3)nc(N(C3CC(C)(C)N([O])C(C)(C)C3)C3CC(C)(C)N([O])C(C)(C)C3)n2)CC(C)(C)N1[O]. The quantitative estimate of drug-likeness (QED) is 0.260. The van der Waals surface area contributed by atoms with E-state index in [2.05, 4.69) is 21.1 Å². The summed E-state index contributed by atoms with van der Waals surface area (Å²) in [6, 6.07) is 9.51. The molecule has 271 valence electrons. The highest BCUT2D eigenvalue weighted by molar-refractivity contribution is 5.51. The highest BCUT2D eigenvalue weighted by Crippen LogP contribution is 2.46. The average Bonchev–Trinajstić information content (AvgIpc) is 2.96. The van der Waals surface area contributed by atoms with Crippen molar-refractivity contribution in [2.75, 3.05) is 21.1 Å². The van der Waals surface area contributed by atoms with E-state index in [0.29, 0.717) is 56.4 Å². The maximum atomic E-state index is 13.5. The lowest BCUT2D eigenvalue weighted by Crippen LogP contribution is -2.67. The van der Waals surface area contributed by atoms with Crippen LogP contribution in [0.15, 0.2) is 30.3 Å². The number of nitrogens with zero attached hydrogens (tertiary/aromatic N) is 7. The smallest absolute Gasteiger partial charge is 0.248 e. The van der Waals surface area contributed by atoms with E-state index in [4.69, 9.17) is 15.0 Å². The number of rotatable bonds is 8. The Kier molecular flexibility index (Phi) is 9.74. The van der Waals surface area contributed by atoms with Crippen LogP contribution in [0.4, 0.5) is 23.5 Å². The van der Waals surface area contributed by atoms with Gasteiger partial charge < -0.3 is 10.2 Å². The number of hydrogen-bond donors (Lipinski definition) is 3. The van der Waals surface area contributed by atoms with Crippen LogP contribution in [0.5, 0.6) is 0 Å². The van der Waals surface area contributed by atoms with Gasteiger partial charge in [-0.15, -0.1) is 30.8 Å². The predicted octanol–water partition coefficient (Wildman–Crippen LogP) is 6.63. The molecule has 13 nitrogen and oxygen atoms in total. The molecule has 0 atom stereocenters. The van der Waals surface area contributed by atoms with Crippen LogP contribution in [0.1, 0.15) is 122 Å². The first kappa shape index (κ1) is 37.4. The third kappa shape index (κ3) is 7.77. The van der Waals surface area contributed by atoms with Crippen LogP contribution in [0, 0.1) is 0 Å². The zero-order valence-corrected chi connectivity index (χ0v) is 31.7. The first-order chi connectivity index (χ1) is 22.4. The summed E-state index contributed by atoms with van der Waals surface area (Å²) in [6.07, 6.45) is 3.63. The molecule has 49 heavy (non-hydrogen) atoms. The first-order valence-electron chi connectivity index (χ1n) is 17.7. The van der Waals surface area contributed by atoms with E-state index in [0.717, 1.165) is 5.69 Å². The summed E-state index contributed by atoms with van der Waals surface area (Å²) in [6.45, 7) is 23.9. The largest absolute Gasteiger partial charge is 0.351 e. The van der Waals surface area contributed by atoms with E-state index in [1.54, 1.807) is 0 Å². The number of para-hydroxylation sites is 1. The molecule has 1 aromatic carbocycles. The van der Waals surface area contributed by atoms with Gasteiger partial charge >= 0.3 is 0 Å². The second-order valence-corrected chi connectivity index (χ2v) is 18.4. The van der Waals surface area contributed by atoms with Gasteiger partial charge in [-0.05, 0) is 134 Å². The van der Waals surface area contributed by atoms with E-state index >= 15 is 0 Å². The lowest BCUT2D eigenvalue weighted by atomic mass is 9.75. The van der Waals surface area contributed by atoms with Gasteiger partial charge in [-0.25, -0.2) is 0 Å². The van der Waals surface area contributed by atoms with Gasteiger partial charge in [0.2, 0.25) is 17.8 Å². The number of aromatic nitrogens is 3. The van der Waals surface area contributed by atoms with Gasteiger partial charge in [0.1, 0.15) is 0 Å². The van der Waals surface area contributed by atoms with Gasteiger partial charge in [-0.1, -0.05) is 18.2 Å². The molecule has 3 aliphatic heterocycles. The number of piperidine rings is 3. The molecule has 3 saturated heterocycles. The van der Waals surface area contributed by atoms with Crippen LogP contribution in [0.2, 0.25) is 0 Å². The summed E-state index contributed by atoms with van der Waals surface area (Å²) >= 11 is 0. The molecule has 4 heterocycles. The molecule has 0 unspecified atom stereocenters. The molecule has 3 aliphatic rings. The van der Waals surface area contributed by atoms with Gasteiger partial charge in [-0.2, -0.15) is 15.0 Å². The Bertz CT molecular complexity index is 1370. The number of anilines is 4. The molecule has 0 bridgehead atoms. The van der Waals surface area contributed by atoms with E-state index < -0.39 is 33.2 Å². The van der Waals surface area contributed by atoms with E-state index in [1.807, 2.05) is 113 Å². The standard InChI is InChI=1S/C36H59N10O3/c1-31(2)18-25(19-32(3,4)44(31)47)37-28-38-29(42-41-24-16-14-13-15-17-24)40-30(39-28)43(26-20-33(5,6)45(48)34(7,8)21-26)27-22-35(9,10)46(49)36(11,12)23-27/h13-17,25-27,41H,18-23H2,1-12H3,(H2,37,38,39,40,42). The average molecular weight is 680 g/mol. The number of hydrazine groups is 1. The zero-order valence-electron chi connectivity index (χ0n) is 31.7. The molecule has 0 amide bonds. The van der Waals surface area contributed by atoms with Crippen molar-refractivity contribution in [1.82, 2.24) is 30.1 Å². The van der Waals surface area contributed by atoms with Crippen molar-refractivity contribution in [2.24, 2.45) is 0 Å². The first-order valence-corrected chi connectivity index (χ1v) is 17.7. The van der Waals surface area contributed by atoms with Crippen LogP contribution < -0.4 is 21.1 Å². The highest BCUT2D eigenvalue weighted by Gasteiger charge is 2.53. The van der Waals surface area contributed by atoms with Crippen molar-refractivity contribution in [2.45, 2.75) is 173 Å². The van der Waals surface area contributed by atoms with Gasteiger partial charge in [0.05, 0.1) is 5.69 Å². The molecule has 3 fully saturated rings. The Morgan fingerprint density at radius 2 is 0.939 bits per heavy atom. The van der Waals surface area contributed by atoms with Crippen LogP contribution in [-0.4, -0.2) is 81.5 Å². The van der Waals surface area contributed by atoms with Crippen molar-refractivity contribution in [3.63, 3.8) is 0 Å². The normalized spacial score (nSPS) is 25.9. The fraction of sp³-hybridized carbons (Fsp3) is 0.750. The summed E-state index contributed by atoms with van der Waals surface area (Å²) in [5.41, 5.74) is 3.57. The van der Waals surface area contributed by atoms with Crippen molar-refractivity contribution in [3.8, 4) is 0 Å². The summed E-state index contributed by atoms with van der Waals surface area (Å²) in [4.78, 5) is 17.3. The highest BCUT2D eigenvalue weighted by atomic mass is 16.5. The molecule has 0 spiro atoms. The Balaban J connectivity index is 1.61. The van der Waals surface area contributed by atoms with Crippen molar-refractivity contribution < 1.29 is 15.6 Å². The van der Waals surface area contributed by atoms with E-state index in [1.165, 1.54) is 15.2 Å². The lowest BCUT2D eigenvalue weighted by Gasteiger charge is -2.57. The van der Waals surface area contributed by atoms with Gasteiger partial charge in [-0.3, -0.25) is 10.9 Å². The van der Waals surface area contributed by atoms with E-state index in [-0.39, 0.29) is 18.1 Å². The van der Waals surface area contributed by atoms with Gasteiger partial charge in [0, 0.05) is 51.4 Å². The molecule has 3 N–H and O–H groups in total. The number of benzene rings is 1. The van der Waals surface area contributed by atoms with Crippen LogP contribution in [-0.2, 0) is 15.6 Å². The Morgan fingerprint density at radius 3 is 1.37 bits per heavy atom. The second-order valence-electron chi connectivity index (χ2n) is 18.4. The molecule has 2 aromatic rings. The summed E-state index contributed by atoms with van der Waals surface area (Å²) in [7, 11) is 0. The minimum atomic E-state index is -0.636. The maximum absolute atomic E-state index is 13.5. The summed E-state index contributed by atoms with van der Waals surface area (Å²) in [5.74, 6) is 1.23. The topological polar surface area (TPSA) is 147 Å². The molecule has 13 heteroatoms. The molecular formula is C36H59N10O3. The van der Waals surface area contributed by atoms with Crippen LogP contribution >= 0.6 is 0 Å². The lowest BCUT2D eigenvalue weighted by molar-refractivity contribution is -0.294. The second kappa shape index (κ2) is 12.8. The zero-order chi connectivity index (χ0) is 36.4. The van der Waals surface area contributed by atoms with Crippen LogP contribution in [0.25, 0.3) is 0 Å². The third-order valence-corrected chi connectivity index (χ3v) is 10.8. The molecule has 3 radical (unpaired) electrons. The molecule has 0 aliphatic carbocycles. The number of hydrogen-bond acceptors (Lipinski definition) is 10. The Hall–Kier alpha value is -2.81.